The second kappa shape index (κ2) is 7.98. The zero-order valence-corrected chi connectivity index (χ0v) is 16.9. The van der Waals surface area contributed by atoms with Gasteiger partial charge in [0.25, 0.3) is 0 Å². The number of carbonyl (C=O) groups is 2. The van der Waals surface area contributed by atoms with Gasteiger partial charge in [-0.3, -0.25) is 4.79 Å². The van der Waals surface area contributed by atoms with Crippen LogP contribution in [-0.4, -0.2) is 66.6 Å². The molecule has 4 aliphatic rings. The van der Waals surface area contributed by atoms with Crippen molar-refractivity contribution in [3.05, 3.63) is 29.8 Å². The predicted molar refractivity (Wildman–Crippen MR) is 108 cm³/mol. The molecule has 5 rings (SSSR count). The van der Waals surface area contributed by atoms with Crippen LogP contribution in [0, 0.1) is 5.92 Å². The lowest BCUT2D eigenvalue weighted by Gasteiger charge is -2.46. The van der Waals surface area contributed by atoms with E-state index in [1.54, 1.807) is 0 Å². The van der Waals surface area contributed by atoms with E-state index in [-0.39, 0.29) is 30.4 Å². The molecule has 2 amide bonds. The lowest BCUT2D eigenvalue weighted by molar-refractivity contribution is -0.140. The summed E-state index contributed by atoms with van der Waals surface area (Å²) in [6.45, 7) is 3.14. The van der Waals surface area contributed by atoms with E-state index in [0.717, 1.165) is 31.8 Å². The van der Waals surface area contributed by atoms with Crippen molar-refractivity contribution in [2.24, 2.45) is 5.92 Å². The SMILES string of the molecule is O=C1CO[C@H]2CCN(C(=O)N3CC(c4ccc(OC5CCCC5)cc4)C3)C[C@H]2C1. The van der Waals surface area contributed by atoms with Gasteiger partial charge in [-0.15, -0.1) is 0 Å². The fourth-order valence-electron chi connectivity index (χ4n) is 5.21. The maximum absolute atomic E-state index is 12.9. The summed E-state index contributed by atoms with van der Waals surface area (Å²) < 4.78 is 11.7. The number of piperidine rings is 1. The van der Waals surface area contributed by atoms with Gasteiger partial charge < -0.3 is 19.3 Å². The number of ether oxygens (including phenoxy) is 2. The first-order chi connectivity index (χ1) is 14.2. The normalized spacial score (nSPS) is 28.2. The van der Waals surface area contributed by atoms with Crippen LogP contribution in [0.1, 0.15) is 50.0 Å². The number of fused-ring (bicyclic) bond motifs is 1. The van der Waals surface area contributed by atoms with Crippen molar-refractivity contribution in [3.63, 3.8) is 0 Å². The number of benzene rings is 1. The van der Waals surface area contributed by atoms with Gasteiger partial charge in [0.2, 0.25) is 0 Å². The summed E-state index contributed by atoms with van der Waals surface area (Å²) >= 11 is 0. The molecular formula is C23H30N2O4. The van der Waals surface area contributed by atoms with E-state index in [1.165, 1.54) is 31.2 Å². The zero-order chi connectivity index (χ0) is 19.8. The van der Waals surface area contributed by atoms with Crippen molar-refractivity contribution >= 4 is 11.8 Å². The highest BCUT2D eigenvalue weighted by atomic mass is 16.5. The van der Waals surface area contributed by atoms with E-state index in [2.05, 4.69) is 24.3 Å². The third-order valence-corrected chi connectivity index (χ3v) is 6.99. The molecular weight excluding hydrogens is 368 g/mol. The van der Waals surface area contributed by atoms with Gasteiger partial charge in [0, 0.05) is 44.4 Å². The van der Waals surface area contributed by atoms with Crippen LogP contribution in [0.4, 0.5) is 4.79 Å². The molecule has 3 aliphatic heterocycles. The maximum atomic E-state index is 12.9. The Bertz CT molecular complexity index is 753. The molecule has 1 aromatic rings. The monoisotopic (exact) mass is 398 g/mol. The van der Waals surface area contributed by atoms with Gasteiger partial charge >= 0.3 is 6.03 Å². The Balaban J connectivity index is 1.12. The lowest BCUT2D eigenvalue weighted by Crippen LogP contribution is -2.58. The minimum absolute atomic E-state index is 0.110. The van der Waals surface area contributed by atoms with Crippen molar-refractivity contribution in [2.75, 3.05) is 32.8 Å². The number of ketones is 1. The first-order valence-electron chi connectivity index (χ1n) is 11.1. The summed E-state index contributed by atoms with van der Waals surface area (Å²) in [7, 11) is 0. The van der Waals surface area contributed by atoms with Gasteiger partial charge in [0.15, 0.2) is 5.78 Å². The van der Waals surface area contributed by atoms with Crippen molar-refractivity contribution in [3.8, 4) is 5.75 Å². The summed E-state index contributed by atoms with van der Waals surface area (Å²) in [5.74, 6) is 1.68. The van der Waals surface area contributed by atoms with Crippen LogP contribution >= 0.6 is 0 Å². The molecule has 156 valence electrons. The summed E-state index contributed by atoms with van der Waals surface area (Å²) in [5.41, 5.74) is 1.28. The minimum Gasteiger partial charge on any atom is -0.490 e. The van der Waals surface area contributed by atoms with Crippen LogP contribution in [0.2, 0.25) is 0 Å². The van der Waals surface area contributed by atoms with Crippen molar-refractivity contribution in [1.82, 2.24) is 9.80 Å². The number of rotatable bonds is 3. The molecule has 1 aromatic carbocycles. The molecule has 6 nitrogen and oxygen atoms in total. The lowest BCUT2D eigenvalue weighted by atomic mass is 9.87. The first kappa shape index (κ1) is 18.9. The molecule has 2 atom stereocenters. The molecule has 29 heavy (non-hydrogen) atoms. The molecule has 4 fully saturated rings. The van der Waals surface area contributed by atoms with Gasteiger partial charge in [0.1, 0.15) is 12.4 Å². The van der Waals surface area contributed by atoms with E-state index in [0.29, 0.717) is 25.0 Å². The number of nitrogens with zero attached hydrogens (tertiary/aromatic N) is 2. The van der Waals surface area contributed by atoms with Gasteiger partial charge in [-0.25, -0.2) is 4.79 Å². The summed E-state index contributed by atoms with van der Waals surface area (Å²) in [5, 5.41) is 0. The van der Waals surface area contributed by atoms with Crippen LogP contribution in [-0.2, 0) is 9.53 Å². The Morgan fingerprint density at radius 2 is 1.76 bits per heavy atom. The second-order valence-corrected chi connectivity index (χ2v) is 9.06. The van der Waals surface area contributed by atoms with Gasteiger partial charge in [-0.05, 0) is 49.8 Å². The molecule has 0 radical (unpaired) electrons. The van der Waals surface area contributed by atoms with Crippen LogP contribution in [0.3, 0.4) is 0 Å². The number of carbonyl (C=O) groups excluding carboxylic acids is 2. The number of hydrogen-bond donors (Lipinski definition) is 0. The van der Waals surface area contributed by atoms with E-state index in [4.69, 9.17) is 9.47 Å². The Labute approximate surface area is 172 Å². The van der Waals surface area contributed by atoms with E-state index in [9.17, 15) is 9.59 Å². The largest absolute Gasteiger partial charge is 0.490 e. The second-order valence-electron chi connectivity index (χ2n) is 9.06. The first-order valence-corrected chi connectivity index (χ1v) is 11.1. The van der Waals surface area contributed by atoms with Crippen molar-refractivity contribution in [1.29, 1.82) is 0 Å². The summed E-state index contributed by atoms with van der Waals surface area (Å²) in [6.07, 6.45) is 6.79. The Morgan fingerprint density at radius 1 is 1.00 bits per heavy atom. The van der Waals surface area contributed by atoms with Crippen LogP contribution in [0.15, 0.2) is 24.3 Å². The minimum atomic E-state index is 0.110. The maximum Gasteiger partial charge on any atom is 0.320 e. The summed E-state index contributed by atoms with van der Waals surface area (Å²) in [4.78, 5) is 28.4. The predicted octanol–water partition coefficient (Wildman–Crippen LogP) is 3.21. The third kappa shape index (κ3) is 4.00. The van der Waals surface area contributed by atoms with Crippen LogP contribution in [0.25, 0.3) is 0 Å². The Hall–Kier alpha value is -2.08. The molecule has 1 aliphatic carbocycles. The molecule has 0 N–H and O–H groups in total. The Kier molecular flexibility index (Phi) is 5.20. The molecule has 6 heteroatoms. The topological polar surface area (TPSA) is 59.1 Å². The highest BCUT2D eigenvalue weighted by Crippen LogP contribution is 2.32. The smallest absolute Gasteiger partial charge is 0.320 e. The molecule has 0 spiro atoms. The fourth-order valence-corrected chi connectivity index (χ4v) is 5.21. The van der Waals surface area contributed by atoms with Crippen molar-refractivity contribution < 1.29 is 19.1 Å². The van der Waals surface area contributed by atoms with Crippen molar-refractivity contribution in [2.45, 2.75) is 56.7 Å². The quantitative estimate of drug-likeness (QED) is 0.785. The van der Waals surface area contributed by atoms with E-state index in [1.807, 2.05) is 9.80 Å². The average molecular weight is 399 g/mol. The fraction of sp³-hybridized carbons (Fsp3) is 0.652. The third-order valence-electron chi connectivity index (χ3n) is 6.99. The molecule has 3 heterocycles. The van der Waals surface area contributed by atoms with Crippen LogP contribution in [0.5, 0.6) is 5.75 Å². The van der Waals surface area contributed by atoms with E-state index < -0.39 is 0 Å². The van der Waals surface area contributed by atoms with Crippen LogP contribution < -0.4 is 4.74 Å². The number of likely N-dealkylation sites (tertiary alicyclic amines) is 2. The molecule has 0 aromatic heterocycles. The van der Waals surface area contributed by atoms with Gasteiger partial charge in [0.05, 0.1) is 12.2 Å². The highest BCUT2D eigenvalue weighted by molar-refractivity contribution is 5.81. The highest BCUT2D eigenvalue weighted by Gasteiger charge is 2.40. The number of Topliss-reactive ketones (excluding diaryl/α,β-unsaturated/α-hetero) is 1. The van der Waals surface area contributed by atoms with E-state index >= 15 is 0 Å². The standard InChI is InChI=1S/C23H30N2O4/c26-19-11-17-12-24(10-9-22(17)28-15-19)23(27)25-13-18(14-25)16-5-7-21(8-6-16)29-20-3-1-2-4-20/h5-8,17-18,20,22H,1-4,9-15H2/t17-,22+/m1/s1. The molecule has 1 saturated carbocycles. The molecule has 0 unspecified atom stereocenters. The van der Waals surface area contributed by atoms with Gasteiger partial charge in [-0.1, -0.05) is 12.1 Å². The van der Waals surface area contributed by atoms with Gasteiger partial charge in [-0.2, -0.15) is 0 Å². The average Bonchev–Trinajstić information content (AvgIpc) is 3.20. The molecule has 3 saturated heterocycles. The number of amides is 2. The zero-order valence-electron chi connectivity index (χ0n) is 16.9. The Morgan fingerprint density at radius 3 is 2.52 bits per heavy atom. The number of hydrogen-bond acceptors (Lipinski definition) is 4. The number of urea groups is 1. The summed E-state index contributed by atoms with van der Waals surface area (Å²) in [6, 6.07) is 8.55. The molecule has 0 bridgehead atoms.